The predicted octanol–water partition coefficient (Wildman–Crippen LogP) is 3.79. The van der Waals surface area contributed by atoms with E-state index in [4.69, 9.17) is 0 Å². The summed E-state index contributed by atoms with van der Waals surface area (Å²) in [4.78, 5) is 12.7. The third kappa shape index (κ3) is 3.41. The maximum Gasteiger partial charge on any atom is 0.134 e. The van der Waals surface area contributed by atoms with Gasteiger partial charge in [-0.3, -0.25) is 0 Å². The van der Waals surface area contributed by atoms with Gasteiger partial charge in [0, 0.05) is 11.1 Å². The molecule has 0 aliphatic heterocycles. The van der Waals surface area contributed by atoms with Gasteiger partial charge in [0.05, 0.1) is 0 Å². The van der Waals surface area contributed by atoms with Crippen LogP contribution in [0.25, 0.3) is 0 Å². The van der Waals surface area contributed by atoms with Crippen molar-refractivity contribution in [3.63, 3.8) is 0 Å². The van der Waals surface area contributed by atoms with Gasteiger partial charge in [-0.25, -0.2) is 0 Å². The van der Waals surface area contributed by atoms with Crippen molar-refractivity contribution >= 4 is 14.9 Å². The first-order valence-electron chi connectivity index (χ1n) is 7.53. The summed E-state index contributed by atoms with van der Waals surface area (Å²) in [6.45, 7) is 0. The summed E-state index contributed by atoms with van der Waals surface area (Å²) in [6, 6.07) is 30.4. The van der Waals surface area contributed by atoms with Crippen molar-refractivity contribution in [2.75, 3.05) is 0 Å². The van der Waals surface area contributed by atoms with Crippen LogP contribution in [0.15, 0.2) is 91.0 Å². The SMILES string of the molecule is O=C([SiH2]C(c1ccccc1)c1ccccc1)c1ccccc1. The minimum Gasteiger partial charge on any atom is -0.301 e. The molecule has 2 heteroatoms. The molecular formula is C20H18OSi. The van der Waals surface area contributed by atoms with Crippen molar-refractivity contribution in [3.05, 3.63) is 108 Å². The van der Waals surface area contributed by atoms with E-state index in [0.29, 0.717) is 5.41 Å². The number of carbonyl (C=O) groups is 1. The highest BCUT2D eigenvalue weighted by Gasteiger charge is 2.19. The highest BCUT2D eigenvalue weighted by Crippen LogP contribution is 2.24. The van der Waals surface area contributed by atoms with Gasteiger partial charge in [-0.2, -0.15) is 0 Å². The molecule has 3 rings (SSSR count). The molecule has 0 aliphatic rings. The molecule has 0 aliphatic carbocycles. The third-order valence-corrected chi connectivity index (χ3v) is 6.02. The van der Waals surface area contributed by atoms with Gasteiger partial charge in [-0.1, -0.05) is 91.0 Å². The Labute approximate surface area is 133 Å². The lowest BCUT2D eigenvalue weighted by molar-refractivity contribution is 0.107. The van der Waals surface area contributed by atoms with Gasteiger partial charge in [0.25, 0.3) is 0 Å². The van der Waals surface area contributed by atoms with E-state index in [1.54, 1.807) is 0 Å². The summed E-state index contributed by atoms with van der Waals surface area (Å²) < 4.78 is 0. The summed E-state index contributed by atoms with van der Waals surface area (Å²) in [6.07, 6.45) is 0. The van der Waals surface area contributed by atoms with Gasteiger partial charge in [0.2, 0.25) is 0 Å². The standard InChI is InChI=1S/C20H18OSi/c21-20(18-14-8-3-9-15-18)22-19(16-10-4-1-5-11-16)17-12-6-2-7-13-17/h1-15,19H,22H2. The molecule has 0 atom stereocenters. The number of hydrogen-bond donors (Lipinski definition) is 0. The molecule has 0 N–H and O–H groups in total. The van der Waals surface area contributed by atoms with E-state index in [-0.39, 0.29) is 5.54 Å². The first-order valence-corrected chi connectivity index (χ1v) is 9.05. The summed E-state index contributed by atoms with van der Waals surface area (Å²) in [5, 5.41) is 0.318. The van der Waals surface area contributed by atoms with Crippen molar-refractivity contribution in [1.82, 2.24) is 0 Å². The molecule has 3 aromatic carbocycles. The second-order valence-electron chi connectivity index (χ2n) is 5.37. The zero-order chi connectivity index (χ0) is 15.2. The predicted molar refractivity (Wildman–Crippen MR) is 94.0 cm³/mol. The Morgan fingerprint density at radius 2 is 1.05 bits per heavy atom. The van der Waals surface area contributed by atoms with Crippen LogP contribution >= 0.6 is 0 Å². The van der Waals surface area contributed by atoms with Gasteiger partial charge in [0.1, 0.15) is 14.9 Å². The van der Waals surface area contributed by atoms with Crippen molar-refractivity contribution < 1.29 is 4.79 Å². The smallest absolute Gasteiger partial charge is 0.134 e. The molecule has 108 valence electrons. The molecule has 0 saturated heterocycles. The molecule has 0 radical (unpaired) electrons. The fourth-order valence-corrected chi connectivity index (χ4v) is 4.58. The van der Waals surface area contributed by atoms with Crippen molar-refractivity contribution in [1.29, 1.82) is 0 Å². The zero-order valence-electron chi connectivity index (χ0n) is 12.4. The molecule has 0 heterocycles. The highest BCUT2D eigenvalue weighted by atomic mass is 28.2. The molecule has 0 saturated carbocycles. The van der Waals surface area contributed by atoms with E-state index in [0.717, 1.165) is 5.56 Å². The molecule has 0 bridgehead atoms. The first kappa shape index (κ1) is 14.5. The van der Waals surface area contributed by atoms with E-state index < -0.39 is 9.52 Å². The van der Waals surface area contributed by atoms with Crippen LogP contribution in [-0.2, 0) is 0 Å². The molecular weight excluding hydrogens is 284 g/mol. The van der Waals surface area contributed by atoms with Crippen LogP contribution < -0.4 is 0 Å². The topological polar surface area (TPSA) is 17.1 Å². The number of benzene rings is 3. The van der Waals surface area contributed by atoms with Crippen LogP contribution in [0.4, 0.5) is 0 Å². The lowest BCUT2D eigenvalue weighted by Crippen LogP contribution is -2.19. The Morgan fingerprint density at radius 1 is 0.636 bits per heavy atom. The van der Waals surface area contributed by atoms with Gasteiger partial charge >= 0.3 is 0 Å². The largest absolute Gasteiger partial charge is 0.301 e. The van der Waals surface area contributed by atoms with Crippen LogP contribution in [0.2, 0.25) is 0 Å². The van der Waals surface area contributed by atoms with Gasteiger partial charge in [-0.05, 0) is 11.1 Å². The quantitative estimate of drug-likeness (QED) is 0.655. The normalized spacial score (nSPS) is 11.1. The summed E-state index contributed by atoms with van der Waals surface area (Å²) in [5.74, 6) is 0. The average molecular weight is 302 g/mol. The maximum absolute atomic E-state index is 12.7. The molecule has 0 fully saturated rings. The lowest BCUT2D eigenvalue weighted by Gasteiger charge is -2.17. The Balaban J connectivity index is 1.91. The van der Waals surface area contributed by atoms with E-state index in [1.807, 2.05) is 66.7 Å². The molecule has 0 spiro atoms. The summed E-state index contributed by atoms with van der Waals surface area (Å²) >= 11 is 0. The fraction of sp³-hybridized carbons (Fsp3) is 0.0500. The van der Waals surface area contributed by atoms with E-state index in [1.165, 1.54) is 11.1 Å². The van der Waals surface area contributed by atoms with Crippen LogP contribution in [0, 0.1) is 0 Å². The molecule has 1 nitrogen and oxygen atoms in total. The number of hydrogen-bond acceptors (Lipinski definition) is 1. The Bertz CT molecular complexity index is 684. The molecule has 22 heavy (non-hydrogen) atoms. The van der Waals surface area contributed by atoms with Gasteiger partial charge in [-0.15, -0.1) is 0 Å². The third-order valence-electron chi connectivity index (χ3n) is 3.89. The van der Waals surface area contributed by atoms with Crippen LogP contribution in [0.1, 0.15) is 27.0 Å². The fourth-order valence-electron chi connectivity index (χ4n) is 2.73. The van der Waals surface area contributed by atoms with Crippen LogP contribution in [0.3, 0.4) is 0 Å². The van der Waals surface area contributed by atoms with E-state index >= 15 is 0 Å². The Hall–Kier alpha value is -2.45. The van der Waals surface area contributed by atoms with Gasteiger partial charge in [0.15, 0.2) is 0 Å². The van der Waals surface area contributed by atoms with Crippen molar-refractivity contribution in [2.24, 2.45) is 0 Å². The monoisotopic (exact) mass is 302 g/mol. The van der Waals surface area contributed by atoms with Crippen molar-refractivity contribution in [3.8, 4) is 0 Å². The molecule has 0 amide bonds. The number of carbonyl (C=O) groups excluding carboxylic acids is 1. The molecule has 0 aromatic heterocycles. The minimum atomic E-state index is -0.984. The van der Waals surface area contributed by atoms with Crippen LogP contribution in [-0.4, -0.2) is 14.9 Å². The van der Waals surface area contributed by atoms with Gasteiger partial charge < -0.3 is 4.79 Å². The lowest BCUT2D eigenvalue weighted by atomic mass is 10.0. The minimum absolute atomic E-state index is 0.232. The zero-order valence-corrected chi connectivity index (χ0v) is 13.8. The second kappa shape index (κ2) is 7.01. The summed E-state index contributed by atoms with van der Waals surface area (Å²) in [7, 11) is -0.984. The molecule has 0 unspecified atom stereocenters. The average Bonchev–Trinajstić information content (AvgIpc) is 2.62. The highest BCUT2D eigenvalue weighted by molar-refractivity contribution is 6.78. The maximum atomic E-state index is 12.7. The summed E-state index contributed by atoms with van der Waals surface area (Å²) in [5.41, 5.74) is 3.55. The van der Waals surface area contributed by atoms with Crippen molar-refractivity contribution in [2.45, 2.75) is 5.54 Å². The second-order valence-corrected chi connectivity index (χ2v) is 7.23. The van der Waals surface area contributed by atoms with Crippen LogP contribution in [0.5, 0.6) is 0 Å². The van der Waals surface area contributed by atoms with E-state index in [9.17, 15) is 4.79 Å². The first-order chi connectivity index (χ1) is 10.8. The Kier molecular flexibility index (Phi) is 4.61. The Morgan fingerprint density at radius 3 is 1.50 bits per heavy atom. The number of rotatable bonds is 5. The molecule has 3 aromatic rings. The van der Waals surface area contributed by atoms with E-state index in [2.05, 4.69) is 24.3 Å².